The minimum atomic E-state index is 0.00662. The van der Waals surface area contributed by atoms with Gasteiger partial charge in [0.2, 0.25) is 0 Å². The third-order valence-corrected chi connectivity index (χ3v) is 3.11. The Labute approximate surface area is 89.4 Å². The maximum absolute atomic E-state index is 10.8. The molecule has 2 rings (SSSR count). The summed E-state index contributed by atoms with van der Waals surface area (Å²) in [5.41, 5.74) is 0.665. The number of likely N-dealkylation sites (tertiary alicyclic amines) is 1. The molecule has 1 heterocycles. The standard InChI is InChI=1S/C12H15NO2/c14-8-10-4-1-2-6-12(10)13-7-3-5-11(13)9-15/h1-2,4,6,11-12,15H,3,5,7,9H2. The van der Waals surface area contributed by atoms with Gasteiger partial charge in [-0.05, 0) is 25.5 Å². The lowest BCUT2D eigenvalue weighted by Crippen LogP contribution is -2.41. The second kappa shape index (κ2) is 4.58. The van der Waals surface area contributed by atoms with Crippen LogP contribution in [0, 0.1) is 0 Å². The minimum Gasteiger partial charge on any atom is -0.395 e. The highest BCUT2D eigenvalue weighted by atomic mass is 16.3. The van der Waals surface area contributed by atoms with Gasteiger partial charge in [0.25, 0.3) is 0 Å². The van der Waals surface area contributed by atoms with Crippen LogP contribution in [-0.4, -0.2) is 41.2 Å². The van der Waals surface area contributed by atoms with Crippen molar-refractivity contribution in [3.63, 3.8) is 0 Å². The minimum absolute atomic E-state index is 0.00662. The maximum Gasteiger partial charge on any atom is 0.129 e. The molecule has 1 N–H and O–H groups in total. The van der Waals surface area contributed by atoms with Crippen LogP contribution in [0.15, 0.2) is 29.9 Å². The number of aliphatic hydroxyl groups excluding tert-OH is 1. The van der Waals surface area contributed by atoms with Gasteiger partial charge in [0.1, 0.15) is 5.94 Å². The molecular formula is C12H15NO2. The first-order valence-corrected chi connectivity index (χ1v) is 5.33. The Hall–Kier alpha value is -1.15. The van der Waals surface area contributed by atoms with Crippen LogP contribution in [0.3, 0.4) is 0 Å². The second-order valence-electron chi connectivity index (χ2n) is 3.96. The average Bonchev–Trinajstić information content (AvgIpc) is 2.76. The van der Waals surface area contributed by atoms with E-state index in [-0.39, 0.29) is 18.7 Å². The van der Waals surface area contributed by atoms with Crippen molar-refractivity contribution < 1.29 is 9.90 Å². The molecule has 1 aliphatic heterocycles. The molecular weight excluding hydrogens is 190 g/mol. The first kappa shape index (κ1) is 10.4. The van der Waals surface area contributed by atoms with E-state index in [2.05, 4.69) is 4.90 Å². The van der Waals surface area contributed by atoms with E-state index in [1.54, 1.807) is 6.08 Å². The molecule has 2 atom stereocenters. The van der Waals surface area contributed by atoms with Gasteiger partial charge in [-0.2, -0.15) is 0 Å². The highest BCUT2D eigenvalue weighted by Crippen LogP contribution is 2.25. The third-order valence-electron chi connectivity index (χ3n) is 3.11. The predicted octanol–water partition coefficient (Wildman–Crippen LogP) is 0.696. The second-order valence-corrected chi connectivity index (χ2v) is 3.96. The smallest absolute Gasteiger partial charge is 0.129 e. The molecule has 15 heavy (non-hydrogen) atoms. The van der Waals surface area contributed by atoms with E-state index in [1.165, 1.54) is 0 Å². The Kier molecular flexibility index (Phi) is 3.17. The van der Waals surface area contributed by atoms with E-state index in [1.807, 2.05) is 24.2 Å². The number of nitrogens with zero attached hydrogens (tertiary/aromatic N) is 1. The lowest BCUT2D eigenvalue weighted by atomic mass is 10.0. The Morgan fingerprint density at radius 2 is 2.40 bits per heavy atom. The van der Waals surface area contributed by atoms with Crippen molar-refractivity contribution in [3.8, 4) is 0 Å². The molecule has 0 spiro atoms. The van der Waals surface area contributed by atoms with Gasteiger partial charge < -0.3 is 5.11 Å². The van der Waals surface area contributed by atoms with Crippen LogP contribution in [0.25, 0.3) is 0 Å². The Balaban J connectivity index is 2.19. The summed E-state index contributed by atoms with van der Waals surface area (Å²) in [5, 5.41) is 9.23. The molecule has 0 radical (unpaired) electrons. The largest absolute Gasteiger partial charge is 0.395 e. The zero-order valence-electron chi connectivity index (χ0n) is 8.60. The van der Waals surface area contributed by atoms with E-state index in [4.69, 9.17) is 0 Å². The Bertz CT molecular complexity index is 340. The Morgan fingerprint density at radius 3 is 3.13 bits per heavy atom. The van der Waals surface area contributed by atoms with Gasteiger partial charge in [-0.15, -0.1) is 0 Å². The number of carbonyl (C=O) groups excluding carboxylic acids is 1. The molecule has 2 aliphatic rings. The molecule has 80 valence electrons. The van der Waals surface area contributed by atoms with E-state index < -0.39 is 0 Å². The molecule has 0 saturated carbocycles. The van der Waals surface area contributed by atoms with Crippen molar-refractivity contribution in [1.82, 2.24) is 4.90 Å². The number of hydrogen-bond acceptors (Lipinski definition) is 3. The fraction of sp³-hybridized carbons (Fsp3) is 0.500. The summed E-state index contributed by atoms with van der Waals surface area (Å²) < 4.78 is 0. The van der Waals surface area contributed by atoms with Gasteiger partial charge in [-0.3, -0.25) is 4.90 Å². The zero-order valence-corrected chi connectivity index (χ0v) is 8.60. The summed E-state index contributed by atoms with van der Waals surface area (Å²) in [5.74, 6) is 1.98. The fourth-order valence-corrected chi connectivity index (χ4v) is 2.33. The molecule has 0 bridgehead atoms. The molecule has 1 saturated heterocycles. The van der Waals surface area contributed by atoms with Crippen molar-refractivity contribution in [2.45, 2.75) is 24.9 Å². The van der Waals surface area contributed by atoms with Gasteiger partial charge >= 0.3 is 0 Å². The molecule has 2 unspecified atom stereocenters. The van der Waals surface area contributed by atoms with Crippen molar-refractivity contribution in [3.05, 3.63) is 29.9 Å². The molecule has 3 heteroatoms. The Morgan fingerprint density at radius 1 is 1.53 bits per heavy atom. The van der Waals surface area contributed by atoms with Gasteiger partial charge in [0.15, 0.2) is 0 Å². The predicted molar refractivity (Wildman–Crippen MR) is 58.1 cm³/mol. The monoisotopic (exact) mass is 205 g/mol. The molecule has 0 amide bonds. The summed E-state index contributed by atoms with van der Waals surface area (Å²) in [6.45, 7) is 1.11. The summed E-state index contributed by atoms with van der Waals surface area (Å²) in [7, 11) is 0. The van der Waals surface area contributed by atoms with Crippen LogP contribution in [-0.2, 0) is 4.79 Å². The van der Waals surface area contributed by atoms with Crippen molar-refractivity contribution >= 4 is 5.94 Å². The first-order chi connectivity index (χ1) is 7.36. The van der Waals surface area contributed by atoms with Crippen LogP contribution in [0.1, 0.15) is 12.8 Å². The van der Waals surface area contributed by atoms with Crippen LogP contribution < -0.4 is 0 Å². The average molecular weight is 205 g/mol. The highest BCUT2D eigenvalue weighted by molar-refractivity contribution is 5.62. The number of aliphatic hydroxyl groups is 1. The van der Waals surface area contributed by atoms with Gasteiger partial charge in [0.05, 0.1) is 18.2 Å². The van der Waals surface area contributed by atoms with Gasteiger partial charge in [-0.1, -0.05) is 18.2 Å². The topological polar surface area (TPSA) is 40.5 Å². The summed E-state index contributed by atoms with van der Waals surface area (Å²) in [6.07, 6.45) is 9.68. The molecule has 1 fully saturated rings. The number of allylic oxidation sites excluding steroid dienone is 2. The summed E-state index contributed by atoms with van der Waals surface area (Å²) >= 11 is 0. The van der Waals surface area contributed by atoms with Crippen molar-refractivity contribution in [2.24, 2.45) is 0 Å². The quantitative estimate of drug-likeness (QED) is 0.674. The lowest BCUT2D eigenvalue weighted by molar-refractivity contribution is 0.148. The van der Waals surface area contributed by atoms with E-state index >= 15 is 0 Å². The SMILES string of the molecule is O=C=C1C=CC=CC1N1CCCC1CO. The van der Waals surface area contributed by atoms with Crippen LogP contribution in [0.5, 0.6) is 0 Å². The fourth-order valence-electron chi connectivity index (χ4n) is 2.33. The zero-order chi connectivity index (χ0) is 10.7. The number of hydrogen-bond donors (Lipinski definition) is 1. The first-order valence-electron chi connectivity index (χ1n) is 5.33. The van der Waals surface area contributed by atoms with E-state index in [9.17, 15) is 9.90 Å². The van der Waals surface area contributed by atoms with Crippen molar-refractivity contribution in [2.75, 3.05) is 13.2 Å². The van der Waals surface area contributed by atoms with Crippen LogP contribution in [0.4, 0.5) is 0 Å². The number of rotatable bonds is 2. The van der Waals surface area contributed by atoms with Crippen LogP contribution >= 0.6 is 0 Å². The van der Waals surface area contributed by atoms with Gasteiger partial charge in [-0.25, -0.2) is 4.79 Å². The molecule has 0 aromatic rings. The summed E-state index contributed by atoms with van der Waals surface area (Å²) in [4.78, 5) is 13.0. The summed E-state index contributed by atoms with van der Waals surface area (Å²) in [6, 6.07) is 0.196. The third kappa shape index (κ3) is 1.95. The molecule has 0 aromatic heterocycles. The van der Waals surface area contributed by atoms with E-state index in [0.717, 1.165) is 19.4 Å². The van der Waals surface area contributed by atoms with Crippen LogP contribution in [0.2, 0.25) is 0 Å². The molecule has 0 aromatic carbocycles. The lowest BCUT2D eigenvalue weighted by Gasteiger charge is -2.30. The van der Waals surface area contributed by atoms with Gasteiger partial charge in [0, 0.05) is 6.04 Å². The highest BCUT2D eigenvalue weighted by Gasteiger charge is 2.31. The molecule has 1 aliphatic carbocycles. The maximum atomic E-state index is 10.8. The van der Waals surface area contributed by atoms with Crippen molar-refractivity contribution in [1.29, 1.82) is 0 Å². The normalized spacial score (nSPS) is 30.9. The van der Waals surface area contributed by atoms with E-state index in [0.29, 0.717) is 5.57 Å². The molecule has 3 nitrogen and oxygen atoms in total.